The molecule has 0 aliphatic heterocycles. The van der Waals surface area contributed by atoms with Crippen molar-refractivity contribution in [1.82, 2.24) is 4.98 Å². The highest BCUT2D eigenvalue weighted by Gasteiger charge is 2.25. The number of aryl methyl sites for hydroxylation is 2. The first-order chi connectivity index (χ1) is 11.5. The molecule has 0 N–H and O–H groups in total. The molecule has 124 valence electrons. The van der Waals surface area contributed by atoms with Crippen LogP contribution in [0.3, 0.4) is 0 Å². The summed E-state index contributed by atoms with van der Waals surface area (Å²) in [5.41, 5.74) is 1.84. The van der Waals surface area contributed by atoms with E-state index in [9.17, 15) is 14.9 Å². The Morgan fingerprint density at radius 1 is 1.38 bits per heavy atom. The van der Waals surface area contributed by atoms with Gasteiger partial charge >= 0.3 is 5.97 Å². The lowest BCUT2D eigenvalue weighted by Crippen LogP contribution is -2.20. The van der Waals surface area contributed by atoms with Crippen LogP contribution in [0.4, 0.5) is 0 Å². The summed E-state index contributed by atoms with van der Waals surface area (Å²) < 4.78 is 10.2. The van der Waals surface area contributed by atoms with Crippen molar-refractivity contribution >= 4 is 23.1 Å². The molecule has 0 radical (unpaired) electrons. The summed E-state index contributed by atoms with van der Waals surface area (Å²) in [6, 6.07) is 6.99. The summed E-state index contributed by atoms with van der Waals surface area (Å²) in [6.07, 6.45) is 0. The summed E-state index contributed by atoms with van der Waals surface area (Å²) >= 11 is 1.23. The SMILES string of the molecule is COc1ccc(C)cc1C(=O)OCC(=O)[C@@H](C#N)c1nc(C)cs1. The highest BCUT2D eigenvalue weighted by Crippen LogP contribution is 2.23. The van der Waals surface area contributed by atoms with Gasteiger partial charge < -0.3 is 9.47 Å². The second kappa shape index (κ2) is 7.70. The van der Waals surface area contributed by atoms with Gasteiger partial charge in [-0.2, -0.15) is 5.26 Å². The molecule has 0 amide bonds. The topological polar surface area (TPSA) is 89.3 Å². The van der Waals surface area contributed by atoms with Crippen molar-refractivity contribution < 1.29 is 19.1 Å². The van der Waals surface area contributed by atoms with Crippen LogP contribution in [-0.2, 0) is 9.53 Å². The molecule has 0 fully saturated rings. The molecule has 0 saturated carbocycles. The van der Waals surface area contributed by atoms with E-state index in [1.54, 1.807) is 30.5 Å². The molecule has 0 saturated heterocycles. The van der Waals surface area contributed by atoms with Gasteiger partial charge in [0.25, 0.3) is 0 Å². The van der Waals surface area contributed by atoms with E-state index in [0.717, 1.165) is 11.3 Å². The molecule has 1 heterocycles. The predicted octanol–water partition coefficient (Wildman–Crippen LogP) is 2.80. The van der Waals surface area contributed by atoms with Gasteiger partial charge in [-0.25, -0.2) is 9.78 Å². The number of hydrogen-bond donors (Lipinski definition) is 0. The molecular formula is C17H16N2O4S. The smallest absolute Gasteiger partial charge is 0.342 e. The average Bonchev–Trinajstić information content (AvgIpc) is 2.99. The van der Waals surface area contributed by atoms with Crippen molar-refractivity contribution in [3.05, 3.63) is 45.4 Å². The Balaban J connectivity index is 2.07. The van der Waals surface area contributed by atoms with Crippen molar-refractivity contribution in [1.29, 1.82) is 5.26 Å². The maximum Gasteiger partial charge on any atom is 0.342 e. The van der Waals surface area contributed by atoms with E-state index >= 15 is 0 Å². The van der Waals surface area contributed by atoms with Crippen LogP contribution < -0.4 is 4.74 Å². The number of esters is 1. The van der Waals surface area contributed by atoms with Crippen LogP contribution >= 0.6 is 11.3 Å². The quantitative estimate of drug-likeness (QED) is 0.749. The fourth-order valence-corrected chi connectivity index (χ4v) is 2.91. The third kappa shape index (κ3) is 3.97. The summed E-state index contributed by atoms with van der Waals surface area (Å²) in [4.78, 5) is 28.5. The Hall–Kier alpha value is -2.72. The number of aromatic nitrogens is 1. The van der Waals surface area contributed by atoms with Gasteiger partial charge in [0.05, 0.1) is 13.2 Å². The molecule has 6 nitrogen and oxygen atoms in total. The zero-order valence-electron chi connectivity index (χ0n) is 13.5. The lowest BCUT2D eigenvalue weighted by Gasteiger charge is -2.10. The standard InChI is InChI=1S/C17H16N2O4S/c1-10-4-5-15(22-3)12(6-10)17(21)23-8-14(20)13(7-18)16-19-11(2)9-24-16/h4-6,9,13H,8H2,1-3H3/t13-/m1/s1. The molecule has 0 bridgehead atoms. The number of Topliss-reactive ketones (excluding diaryl/α,β-unsaturated/α-hetero) is 1. The minimum absolute atomic E-state index is 0.240. The summed E-state index contributed by atoms with van der Waals surface area (Å²) in [7, 11) is 1.45. The minimum atomic E-state index is -1.03. The van der Waals surface area contributed by atoms with Gasteiger partial charge in [0.1, 0.15) is 16.3 Å². The van der Waals surface area contributed by atoms with E-state index in [-0.39, 0.29) is 5.56 Å². The number of carbonyl (C=O) groups excluding carboxylic acids is 2. The third-order valence-corrected chi connectivity index (χ3v) is 4.28. The first-order valence-electron chi connectivity index (χ1n) is 7.12. The summed E-state index contributed by atoms with van der Waals surface area (Å²) in [5.74, 6) is -1.84. The van der Waals surface area contributed by atoms with Gasteiger partial charge in [0.2, 0.25) is 0 Å². The van der Waals surface area contributed by atoms with Crippen molar-refractivity contribution in [3.63, 3.8) is 0 Å². The summed E-state index contributed by atoms with van der Waals surface area (Å²) in [6.45, 7) is 3.12. The zero-order valence-corrected chi connectivity index (χ0v) is 14.3. The fraction of sp³-hybridized carbons (Fsp3) is 0.294. The molecule has 0 aliphatic carbocycles. The molecule has 1 atom stereocenters. The molecule has 24 heavy (non-hydrogen) atoms. The van der Waals surface area contributed by atoms with Gasteiger partial charge in [-0.05, 0) is 26.0 Å². The Kier molecular flexibility index (Phi) is 5.66. The number of hydrogen-bond acceptors (Lipinski definition) is 7. The van der Waals surface area contributed by atoms with Crippen LogP contribution in [0.5, 0.6) is 5.75 Å². The predicted molar refractivity (Wildman–Crippen MR) is 88.2 cm³/mol. The summed E-state index contributed by atoms with van der Waals surface area (Å²) in [5, 5.41) is 11.4. The van der Waals surface area contributed by atoms with Gasteiger partial charge in [-0.1, -0.05) is 11.6 Å². The molecule has 1 aromatic carbocycles. The Bertz CT molecular complexity index is 807. The fourth-order valence-electron chi connectivity index (χ4n) is 2.05. The number of nitriles is 1. The Morgan fingerprint density at radius 2 is 2.12 bits per heavy atom. The normalized spacial score (nSPS) is 11.4. The molecule has 1 aromatic heterocycles. The van der Waals surface area contributed by atoms with Gasteiger partial charge in [0, 0.05) is 11.1 Å². The van der Waals surface area contributed by atoms with Crippen LogP contribution in [0, 0.1) is 25.2 Å². The van der Waals surface area contributed by atoms with Crippen LogP contribution in [0.25, 0.3) is 0 Å². The number of ether oxygens (including phenoxy) is 2. The molecule has 0 spiro atoms. The van der Waals surface area contributed by atoms with Crippen molar-refractivity contribution in [2.75, 3.05) is 13.7 Å². The molecule has 0 unspecified atom stereocenters. The number of carbonyl (C=O) groups is 2. The van der Waals surface area contributed by atoms with Gasteiger partial charge in [-0.15, -0.1) is 11.3 Å². The Morgan fingerprint density at radius 3 is 2.71 bits per heavy atom. The number of methoxy groups -OCH3 is 1. The number of thiazole rings is 1. The highest BCUT2D eigenvalue weighted by atomic mass is 32.1. The van der Waals surface area contributed by atoms with Crippen LogP contribution in [0.1, 0.15) is 32.5 Å². The van der Waals surface area contributed by atoms with E-state index < -0.39 is 24.3 Å². The second-order valence-corrected chi connectivity index (χ2v) is 6.03. The van der Waals surface area contributed by atoms with Gasteiger partial charge in [0.15, 0.2) is 18.3 Å². The maximum absolute atomic E-state index is 12.2. The first kappa shape index (κ1) is 17.6. The number of ketones is 1. The van der Waals surface area contributed by atoms with E-state index in [1.165, 1.54) is 18.4 Å². The van der Waals surface area contributed by atoms with E-state index in [1.807, 2.05) is 13.0 Å². The molecule has 0 aliphatic rings. The molecular weight excluding hydrogens is 328 g/mol. The monoisotopic (exact) mass is 344 g/mol. The largest absolute Gasteiger partial charge is 0.496 e. The van der Waals surface area contributed by atoms with Crippen LogP contribution in [0.2, 0.25) is 0 Å². The van der Waals surface area contributed by atoms with Crippen molar-refractivity contribution in [2.24, 2.45) is 0 Å². The van der Waals surface area contributed by atoms with Crippen LogP contribution in [0.15, 0.2) is 23.6 Å². The zero-order chi connectivity index (χ0) is 17.7. The lowest BCUT2D eigenvalue weighted by atomic mass is 10.1. The third-order valence-electron chi connectivity index (χ3n) is 3.26. The molecule has 7 heteroatoms. The molecule has 2 rings (SSSR count). The van der Waals surface area contributed by atoms with Crippen molar-refractivity contribution in [3.8, 4) is 11.8 Å². The highest BCUT2D eigenvalue weighted by molar-refractivity contribution is 7.09. The number of nitrogens with zero attached hydrogens (tertiary/aromatic N) is 2. The number of rotatable bonds is 6. The molecule has 2 aromatic rings. The van der Waals surface area contributed by atoms with E-state index in [0.29, 0.717) is 10.8 Å². The first-order valence-corrected chi connectivity index (χ1v) is 8.00. The van der Waals surface area contributed by atoms with Crippen LogP contribution in [-0.4, -0.2) is 30.5 Å². The minimum Gasteiger partial charge on any atom is -0.496 e. The average molecular weight is 344 g/mol. The van der Waals surface area contributed by atoms with Gasteiger partial charge in [-0.3, -0.25) is 4.79 Å². The lowest BCUT2D eigenvalue weighted by molar-refractivity contribution is -0.122. The van der Waals surface area contributed by atoms with Crippen molar-refractivity contribution in [2.45, 2.75) is 19.8 Å². The second-order valence-electron chi connectivity index (χ2n) is 5.14. The number of benzene rings is 1. The van der Waals surface area contributed by atoms with E-state index in [4.69, 9.17) is 9.47 Å². The maximum atomic E-state index is 12.2. The Labute approximate surface area is 143 Å². The van der Waals surface area contributed by atoms with E-state index in [2.05, 4.69) is 4.98 Å².